The molecule has 1 saturated heterocycles. The van der Waals surface area contributed by atoms with E-state index in [-0.39, 0.29) is 0 Å². The smallest absolute Gasteiger partial charge is 0.303 e. The molecule has 20 heavy (non-hydrogen) atoms. The number of likely N-dealkylation sites (tertiary alicyclic amines) is 1. The van der Waals surface area contributed by atoms with Gasteiger partial charge in [-0.1, -0.05) is 12.1 Å². The first-order chi connectivity index (χ1) is 9.60. The standard InChI is InChI=1S/C16H20N2O2/c1-11-2-3-13-8-14(17-15(13)6-11)10-18-5-4-12(9-18)7-16(19)20/h2-3,6,8,12,17H,4-5,7,9-10H2,1H3,(H,19,20). The molecule has 1 aliphatic heterocycles. The van der Waals surface area contributed by atoms with Crippen molar-refractivity contribution in [2.45, 2.75) is 26.3 Å². The van der Waals surface area contributed by atoms with Gasteiger partial charge >= 0.3 is 5.97 Å². The van der Waals surface area contributed by atoms with Crippen LogP contribution in [0.1, 0.15) is 24.1 Å². The minimum absolute atomic E-state index is 0.294. The summed E-state index contributed by atoms with van der Waals surface area (Å²) in [5, 5.41) is 10.1. The van der Waals surface area contributed by atoms with E-state index in [1.54, 1.807) is 0 Å². The van der Waals surface area contributed by atoms with Crippen LogP contribution in [0, 0.1) is 12.8 Å². The number of nitrogens with zero attached hydrogens (tertiary/aromatic N) is 1. The number of fused-ring (bicyclic) bond motifs is 1. The Morgan fingerprint density at radius 1 is 1.45 bits per heavy atom. The summed E-state index contributed by atoms with van der Waals surface area (Å²) in [5.74, 6) is -0.378. The quantitative estimate of drug-likeness (QED) is 0.899. The Bertz CT molecular complexity index is 632. The molecule has 1 atom stereocenters. The van der Waals surface area contributed by atoms with Gasteiger partial charge in [-0.3, -0.25) is 9.69 Å². The van der Waals surface area contributed by atoms with Gasteiger partial charge in [-0.05, 0) is 48.9 Å². The van der Waals surface area contributed by atoms with Crippen molar-refractivity contribution in [2.24, 2.45) is 5.92 Å². The Labute approximate surface area is 118 Å². The van der Waals surface area contributed by atoms with Crippen LogP contribution in [0.15, 0.2) is 24.3 Å². The highest BCUT2D eigenvalue weighted by Crippen LogP contribution is 2.23. The third-order valence-corrected chi connectivity index (χ3v) is 4.06. The lowest BCUT2D eigenvalue weighted by Crippen LogP contribution is -2.21. The van der Waals surface area contributed by atoms with Crippen LogP contribution < -0.4 is 0 Å². The van der Waals surface area contributed by atoms with Gasteiger partial charge in [-0.2, -0.15) is 0 Å². The van der Waals surface area contributed by atoms with Crippen LogP contribution in [-0.2, 0) is 11.3 Å². The molecule has 4 nitrogen and oxygen atoms in total. The SMILES string of the molecule is Cc1ccc2cc(CN3CCC(CC(=O)O)C3)[nH]c2c1. The van der Waals surface area contributed by atoms with Crippen LogP contribution in [0.25, 0.3) is 10.9 Å². The predicted octanol–water partition coefficient (Wildman–Crippen LogP) is 2.77. The van der Waals surface area contributed by atoms with Gasteiger partial charge in [0, 0.05) is 30.7 Å². The van der Waals surface area contributed by atoms with Gasteiger partial charge in [0.1, 0.15) is 0 Å². The maximum atomic E-state index is 10.7. The number of nitrogens with one attached hydrogen (secondary N) is 1. The summed E-state index contributed by atoms with van der Waals surface area (Å²) in [5.41, 5.74) is 3.65. The van der Waals surface area contributed by atoms with Crippen LogP contribution in [0.4, 0.5) is 0 Å². The number of hydrogen-bond acceptors (Lipinski definition) is 2. The first-order valence-electron chi connectivity index (χ1n) is 7.12. The molecule has 1 aromatic carbocycles. The van der Waals surface area contributed by atoms with Gasteiger partial charge in [0.15, 0.2) is 0 Å². The first kappa shape index (κ1) is 13.2. The Kier molecular flexibility index (Phi) is 3.49. The second-order valence-corrected chi connectivity index (χ2v) is 5.87. The summed E-state index contributed by atoms with van der Waals surface area (Å²) in [7, 11) is 0. The van der Waals surface area contributed by atoms with Gasteiger partial charge in [0.25, 0.3) is 0 Å². The largest absolute Gasteiger partial charge is 0.481 e. The van der Waals surface area contributed by atoms with E-state index in [2.05, 4.69) is 41.1 Å². The number of carboxylic acid groups (broad SMARTS) is 1. The molecule has 3 rings (SSSR count). The van der Waals surface area contributed by atoms with Gasteiger partial charge < -0.3 is 10.1 Å². The summed E-state index contributed by atoms with van der Waals surface area (Å²) < 4.78 is 0. The molecule has 0 amide bonds. The molecule has 0 bridgehead atoms. The number of carbonyl (C=O) groups is 1. The number of aliphatic carboxylic acids is 1. The van der Waals surface area contributed by atoms with Crippen LogP contribution in [0.2, 0.25) is 0 Å². The molecule has 2 aromatic rings. The van der Waals surface area contributed by atoms with Gasteiger partial charge in [-0.15, -0.1) is 0 Å². The Hall–Kier alpha value is -1.81. The molecule has 0 radical (unpaired) electrons. The van der Waals surface area contributed by atoms with Gasteiger partial charge in [0.2, 0.25) is 0 Å². The maximum absolute atomic E-state index is 10.7. The van der Waals surface area contributed by atoms with E-state index in [0.29, 0.717) is 12.3 Å². The van der Waals surface area contributed by atoms with E-state index in [4.69, 9.17) is 5.11 Å². The van der Waals surface area contributed by atoms with E-state index >= 15 is 0 Å². The lowest BCUT2D eigenvalue weighted by molar-refractivity contribution is -0.138. The monoisotopic (exact) mass is 272 g/mol. The van der Waals surface area contributed by atoms with Crippen molar-refractivity contribution >= 4 is 16.9 Å². The Balaban J connectivity index is 1.66. The van der Waals surface area contributed by atoms with Crippen molar-refractivity contribution in [3.05, 3.63) is 35.5 Å². The van der Waals surface area contributed by atoms with Gasteiger partial charge in [0.05, 0.1) is 0 Å². The number of carboxylic acids is 1. The number of aromatic amines is 1. The highest BCUT2D eigenvalue weighted by atomic mass is 16.4. The fraction of sp³-hybridized carbons (Fsp3) is 0.438. The third kappa shape index (κ3) is 2.85. The number of benzene rings is 1. The van der Waals surface area contributed by atoms with E-state index < -0.39 is 5.97 Å². The van der Waals surface area contributed by atoms with Crippen molar-refractivity contribution in [2.75, 3.05) is 13.1 Å². The molecule has 106 valence electrons. The Morgan fingerprint density at radius 2 is 2.30 bits per heavy atom. The number of rotatable bonds is 4. The summed E-state index contributed by atoms with van der Waals surface area (Å²) in [4.78, 5) is 16.5. The second kappa shape index (κ2) is 5.29. The van der Waals surface area contributed by atoms with E-state index in [1.807, 2.05) is 0 Å². The average Bonchev–Trinajstić information content (AvgIpc) is 2.95. The number of aryl methyl sites for hydroxylation is 1. The summed E-state index contributed by atoms with van der Waals surface area (Å²) in [6.07, 6.45) is 1.29. The van der Waals surface area contributed by atoms with Crippen LogP contribution in [0.3, 0.4) is 0 Å². The predicted molar refractivity (Wildman–Crippen MR) is 78.7 cm³/mol. The molecule has 2 N–H and O–H groups in total. The third-order valence-electron chi connectivity index (χ3n) is 4.06. The van der Waals surface area contributed by atoms with Crippen LogP contribution in [-0.4, -0.2) is 34.0 Å². The fourth-order valence-electron chi connectivity index (χ4n) is 3.10. The van der Waals surface area contributed by atoms with E-state index in [0.717, 1.165) is 26.1 Å². The Morgan fingerprint density at radius 3 is 3.10 bits per heavy atom. The molecule has 0 aliphatic carbocycles. The normalized spacial score (nSPS) is 19.8. The number of H-pyrrole nitrogens is 1. The van der Waals surface area contributed by atoms with Crippen molar-refractivity contribution in [1.29, 1.82) is 0 Å². The van der Waals surface area contributed by atoms with E-state index in [9.17, 15) is 4.79 Å². The molecular formula is C16H20N2O2. The van der Waals surface area contributed by atoms with Crippen LogP contribution in [0.5, 0.6) is 0 Å². The molecule has 1 aliphatic rings. The zero-order chi connectivity index (χ0) is 14.1. The first-order valence-corrected chi connectivity index (χ1v) is 7.12. The molecule has 0 saturated carbocycles. The molecular weight excluding hydrogens is 252 g/mol. The minimum Gasteiger partial charge on any atom is -0.481 e. The van der Waals surface area contributed by atoms with Crippen molar-refractivity contribution in [3.8, 4) is 0 Å². The zero-order valence-corrected chi connectivity index (χ0v) is 11.7. The van der Waals surface area contributed by atoms with Crippen molar-refractivity contribution in [3.63, 3.8) is 0 Å². The fourth-order valence-corrected chi connectivity index (χ4v) is 3.10. The van der Waals surface area contributed by atoms with Crippen LogP contribution >= 0.6 is 0 Å². The minimum atomic E-state index is -0.682. The van der Waals surface area contributed by atoms with Crippen molar-refractivity contribution in [1.82, 2.24) is 9.88 Å². The van der Waals surface area contributed by atoms with Gasteiger partial charge in [-0.25, -0.2) is 0 Å². The average molecular weight is 272 g/mol. The lowest BCUT2D eigenvalue weighted by atomic mass is 10.1. The zero-order valence-electron chi connectivity index (χ0n) is 11.7. The van der Waals surface area contributed by atoms with E-state index in [1.165, 1.54) is 22.2 Å². The summed E-state index contributed by atoms with van der Waals surface area (Å²) in [6.45, 7) is 4.85. The number of hydrogen-bond donors (Lipinski definition) is 2. The molecule has 1 aromatic heterocycles. The van der Waals surface area contributed by atoms with Crippen molar-refractivity contribution < 1.29 is 9.90 Å². The highest BCUT2D eigenvalue weighted by Gasteiger charge is 2.24. The molecule has 4 heteroatoms. The number of aromatic nitrogens is 1. The molecule has 2 heterocycles. The molecule has 1 unspecified atom stereocenters. The lowest BCUT2D eigenvalue weighted by Gasteiger charge is -2.14. The highest BCUT2D eigenvalue weighted by molar-refractivity contribution is 5.81. The summed E-state index contributed by atoms with van der Waals surface area (Å²) >= 11 is 0. The molecule has 0 spiro atoms. The second-order valence-electron chi connectivity index (χ2n) is 5.87. The molecule has 1 fully saturated rings. The summed E-state index contributed by atoms with van der Waals surface area (Å²) in [6, 6.07) is 8.62. The maximum Gasteiger partial charge on any atom is 0.303 e. The topological polar surface area (TPSA) is 56.3 Å².